The van der Waals surface area contributed by atoms with Crippen LogP contribution in [0.5, 0.6) is 0 Å². The van der Waals surface area contributed by atoms with Crippen molar-refractivity contribution in [2.24, 2.45) is 0 Å². The van der Waals surface area contributed by atoms with Gasteiger partial charge in [-0.05, 0) is 6.08 Å². The highest BCUT2D eigenvalue weighted by Crippen LogP contribution is 1.94. The minimum Gasteiger partial charge on any atom is -0.418 e. The summed E-state index contributed by atoms with van der Waals surface area (Å²) in [6.07, 6.45) is 1.37. The molecule has 0 aliphatic carbocycles. The maximum absolute atomic E-state index is 10.2. The largest absolute Gasteiger partial charge is 0.418 e. The molecule has 0 heterocycles. The number of hydrogen-bond acceptors (Lipinski definition) is 2. The van der Waals surface area contributed by atoms with Gasteiger partial charge in [0.2, 0.25) is 0 Å². The van der Waals surface area contributed by atoms with E-state index in [4.69, 9.17) is 0 Å². The van der Waals surface area contributed by atoms with Crippen molar-refractivity contribution in [3.8, 4) is 0 Å². The van der Waals surface area contributed by atoms with Crippen LogP contribution in [0, 0.1) is 0 Å². The SMILES string of the molecule is C=C=C(C=C)OC(C)=O. The zero-order chi connectivity index (χ0) is 7.28. The molecular weight excluding hydrogens is 116 g/mol. The summed E-state index contributed by atoms with van der Waals surface area (Å²) in [5, 5.41) is 0. The molecule has 0 fully saturated rings. The maximum atomic E-state index is 10.2. The fourth-order valence-electron chi connectivity index (χ4n) is 0.305. The lowest BCUT2D eigenvalue weighted by atomic mass is 10.5. The van der Waals surface area contributed by atoms with E-state index in [1.165, 1.54) is 13.0 Å². The molecule has 0 aromatic rings. The Bertz CT molecular complexity index is 173. The summed E-state index contributed by atoms with van der Waals surface area (Å²) in [5.41, 5.74) is 2.39. The minimum atomic E-state index is -0.388. The molecule has 0 rings (SSSR count). The van der Waals surface area contributed by atoms with Crippen LogP contribution >= 0.6 is 0 Å². The molecule has 0 saturated carbocycles. The number of carbonyl (C=O) groups excluding carboxylic acids is 1. The second-order valence-electron chi connectivity index (χ2n) is 1.34. The Hall–Kier alpha value is -1.27. The topological polar surface area (TPSA) is 26.3 Å². The van der Waals surface area contributed by atoms with Gasteiger partial charge in [0.1, 0.15) is 0 Å². The Kier molecular flexibility index (Phi) is 3.18. The lowest BCUT2D eigenvalue weighted by Gasteiger charge is -1.94. The van der Waals surface area contributed by atoms with E-state index in [1.54, 1.807) is 0 Å². The zero-order valence-electron chi connectivity index (χ0n) is 5.31. The van der Waals surface area contributed by atoms with Crippen LogP contribution in [0.15, 0.2) is 30.7 Å². The van der Waals surface area contributed by atoms with Gasteiger partial charge in [0, 0.05) is 6.92 Å². The van der Waals surface area contributed by atoms with E-state index in [0.717, 1.165) is 0 Å². The molecule has 0 aromatic heterocycles. The van der Waals surface area contributed by atoms with Gasteiger partial charge in [0.15, 0.2) is 5.76 Å². The average Bonchev–Trinajstić information content (AvgIpc) is 1.82. The van der Waals surface area contributed by atoms with Crippen molar-refractivity contribution in [1.82, 2.24) is 0 Å². The van der Waals surface area contributed by atoms with Gasteiger partial charge in [-0.2, -0.15) is 0 Å². The van der Waals surface area contributed by atoms with E-state index < -0.39 is 0 Å². The molecule has 48 valence electrons. The number of allylic oxidation sites excluding steroid dienone is 1. The molecule has 0 atom stereocenters. The predicted molar refractivity (Wildman–Crippen MR) is 34.6 cm³/mol. The van der Waals surface area contributed by atoms with Crippen LogP contribution in [0.25, 0.3) is 0 Å². The third-order valence-electron chi connectivity index (χ3n) is 0.613. The van der Waals surface area contributed by atoms with E-state index in [2.05, 4.69) is 23.6 Å². The van der Waals surface area contributed by atoms with Crippen LogP contribution in [-0.4, -0.2) is 5.97 Å². The number of hydrogen-bond donors (Lipinski definition) is 0. The second kappa shape index (κ2) is 3.70. The van der Waals surface area contributed by atoms with Gasteiger partial charge in [0.05, 0.1) is 0 Å². The fourth-order valence-corrected chi connectivity index (χ4v) is 0.305. The van der Waals surface area contributed by atoms with Crippen molar-refractivity contribution >= 4 is 5.97 Å². The highest BCUT2D eigenvalue weighted by Gasteiger charge is 1.92. The maximum Gasteiger partial charge on any atom is 0.308 e. The zero-order valence-corrected chi connectivity index (χ0v) is 5.31. The van der Waals surface area contributed by atoms with Crippen molar-refractivity contribution in [3.05, 3.63) is 30.7 Å². The summed E-state index contributed by atoms with van der Waals surface area (Å²) >= 11 is 0. The van der Waals surface area contributed by atoms with Crippen LogP contribution in [0.3, 0.4) is 0 Å². The lowest BCUT2D eigenvalue weighted by Crippen LogP contribution is -1.94. The Labute approximate surface area is 54.1 Å². The molecule has 0 N–H and O–H groups in total. The Morgan fingerprint density at radius 2 is 2.33 bits per heavy atom. The van der Waals surface area contributed by atoms with E-state index in [1.807, 2.05) is 0 Å². The molecule has 0 amide bonds. The molecule has 9 heavy (non-hydrogen) atoms. The first-order valence-corrected chi connectivity index (χ1v) is 2.41. The van der Waals surface area contributed by atoms with Gasteiger partial charge >= 0.3 is 5.97 Å². The third-order valence-corrected chi connectivity index (χ3v) is 0.613. The summed E-state index contributed by atoms with van der Waals surface area (Å²) < 4.78 is 4.53. The van der Waals surface area contributed by atoms with Crippen molar-refractivity contribution in [2.45, 2.75) is 6.92 Å². The summed E-state index contributed by atoms with van der Waals surface area (Å²) in [4.78, 5) is 10.2. The average molecular weight is 124 g/mol. The van der Waals surface area contributed by atoms with E-state index >= 15 is 0 Å². The Balaban J connectivity index is 4.02. The summed E-state index contributed by atoms with van der Waals surface area (Å²) in [6, 6.07) is 0. The molecule has 0 unspecified atom stereocenters. The molecule has 0 aliphatic heterocycles. The molecule has 0 aliphatic rings. The Morgan fingerprint density at radius 1 is 1.78 bits per heavy atom. The molecule has 0 bridgehead atoms. The third kappa shape index (κ3) is 3.32. The van der Waals surface area contributed by atoms with Gasteiger partial charge in [-0.25, -0.2) is 0 Å². The fraction of sp³-hybridized carbons (Fsp3) is 0.143. The number of ether oxygens (including phenoxy) is 1. The molecular formula is C7H8O2. The first kappa shape index (κ1) is 7.73. The summed E-state index contributed by atoms with van der Waals surface area (Å²) in [7, 11) is 0. The number of carbonyl (C=O) groups is 1. The van der Waals surface area contributed by atoms with Crippen LogP contribution in [-0.2, 0) is 9.53 Å². The molecule has 0 saturated heterocycles. The first-order chi connectivity index (χ1) is 4.20. The highest BCUT2D eigenvalue weighted by atomic mass is 16.5. The summed E-state index contributed by atoms with van der Waals surface area (Å²) in [6.45, 7) is 7.95. The van der Waals surface area contributed by atoms with Crippen LogP contribution in [0.4, 0.5) is 0 Å². The van der Waals surface area contributed by atoms with Gasteiger partial charge in [-0.15, -0.1) is 0 Å². The highest BCUT2D eigenvalue weighted by molar-refractivity contribution is 5.67. The van der Waals surface area contributed by atoms with Crippen molar-refractivity contribution in [1.29, 1.82) is 0 Å². The van der Waals surface area contributed by atoms with E-state index in [-0.39, 0.29) is 11.7 Å². The molecule has 0 spiro atoms. The number of rotatable bonds is 2. The molecule has 0 aromatic carbocycles. The van der Waals surface area contributed by atoms with Crippen molar-refractivity contribution in [2.75, 3.05) is 0 Å². The van der Waals surface area contributed by atoms with Gasteiger partial charge in [-0.1, -0.05) is 18.9 Å². The van der Waals surface area contributed by atoms with Crippen LogP contribution < -0.4 is 0 Å². The second-order valence-corrected chi connectivity index (χ2v) is 1.34. The van der Waals surface area contributed by atoms with E-state index in [9.17, 15) is 4.79 Å². The smallest absolute Gasteiger partial charge is 0.308 e. The molecule has 2 heteroatoms. The monoisotopic (exact) mass is 124 g/mol. The standard InChI is InChI=1S/C7H8O2/c1-4-7(5-2)9-6(3)8/h4H,1-2H2,3H3. The van der Waals surface area contributed by atoms with Gasteiger partial charge in [0.25, 0.3) is 0 Å². The molecule has 0 radical (unpaired) electrons. The van der Waals surface area contributed by atoms with Gasteiger partial charge in [-0.3, -0.25) is 4.79 Å². The molecule has 2 nitrogen and oxygen atoms in total. The lowest BCUT2D eigenvalue weighted by molar-refractivity contribution is -0.136. The van der Waals surface area contributed by atoms with Crippen LogP contribution in [0.1, 0.15) is 6.92 Å². The minimum absolute atomic E-state index is 0.266. The summed E-state index contributed by atoms with van der Waals surface area (Å²) in [5.74, 6) is -0.122. The van der Waals surface area contributed by atoms with Crippen molar-refractivity contribution < 1.29 is 9.53 Å². The van der Waals surface area contributed by atoms with Gasteiger partial charge < -0.3 is 4.74 Å². The Morgan fingerprint density at radius 3 is 2.44 bits per heavy atom. The first-order valence-electron chi connectivity index (χ1n) is 2.41. The van der Waals surface area contributed by atoms with Crippen molar-refractivity contribution in [3.63, 3.8) is 0 Å². The predicted octanol–water partition coefficient (Wildman–Crippen LogP) is 1.40. The van der Waals surface area contributed by atoms with Crippen LogP contribution in [0.2, 0.25) is 0 Å². The van der Waals surface area contributed by atoms with E-state index in [0.29, 0.717) is 0 Å². The number of esters is 1. The normalized spacial score (nSPS) is 7.22. The quantitative estimate of drug-likeness (QED) is 0.241.